The summed E-state index contributed by atoms with van der Waals surface area (Å²) in [4.78, 5) is 22.3. The first-order valence-electron chi connectivity index (χ1n) is 9.69. The van der Waals surface area contributed by atoms with Crippen molar-refractivity contribution >= 4 is 33.9 Å². The van der Waals surface area contributed by atoms with E-state index in [1.807, 2.05) is 47.9 Å². The predicted molar refractivity (Wildman–Crippen MR) is 114 cm³/mol. The summed E-state index contributed by atoms with van der Waals surface area (Å²) < 4.78 is 1.91. The molecule has 4 aromatic rings. The minimum atomic E-state index is -0.258. The third-order valence-electron chi connectivity index (χ3n) is 4.94. The molecule has 0 fully saturated rings. The highest BCUT2D eigenvalue weighted by Gasteiger charge is 2.22. The number of para-hydroxylation sites is 2. The lowest BCUT2D eigenvalue weighted by Crippen LogP contribution is -2.16. The fourth-order valence-electron chi connectivity index (χ4n) is 3.35. The van der Waals surface area contributed by atoms with Gasteiger partial charge in [-0.1, -0.05) is 43.2 Å². The molecule has 0 bridgehead atoms. The number of anilines is 1. The Bertz CT molecular complexity index is 1250. The summed E-state index contributed by atoms with van der Waals surface area (Å²) in [5.41, 5.74) is 4.58. The number of fused-ring (bicyclic) bond motifs is 2. The van der Waals surface area contributed by atoms with E-state index in [0.717, 1.165) is 29.4 Å². The molecule has 0 unspecified atom stereocenters. The van der Waals surface area contributed by atoms with Crippen LogP contribution < -0.4 is 5.32 Å². The number of amides is 1. The van der Waals surface area contributed by atoms with Gasteiger partial charge in [-0.2, -0.15) is 5.26 Å². The fourth-order valence-corrected chi connectivity index (χ4v) is 3.35. The van der Waals surface area contributed by atoms with Crippen molar-refractivity contribution in [2.45, 2.75) is 33.2 Å². The first kappa shape index (κ1) is 18.6. The molecule has 6 nitrogen and oxygen atoms in total. The van der Waals surface area contributed by atoms with Crippen LogP contribution in [0.5, 0.6) is 0 Å². The summed E-state index contributed by atoms with van der Waals surface area (Å²) >= 11 is 0. The van der Waals surface area contributed by atoms with E-state index in [2.05, 4.69) is 23.3 Å². The van der Waals surface area contributed by atoms with E-state index >= 15 is 0 Å². The Morgan fingerprint density at radius 2 is 1.79 bits per heavy atom. The number of carbonyl (C=O) groups is 1. The second kappa shape index (κ2) is 7.72. The molecular weight excluding hydrogens is 362 g/mol. The van der Waals surface area contributed by atoms with Crippen LogP contribution in [0.3, 0.4) is 0 Å². The van der Waals surface area contributed by atoms with Gasteiger partial charge >= 0.3 is 0 Å². The molecule has 0 saturated carbocycles. The molecule has 2 heterocycles. The molecule has 4 rings (SSSR count). The number of benzene rings is 2. The molecule has 0 aliphatic carbocycles. The van der Waals surface area contributed by atoms with Crippen LogP contribution in [-0.2, 0) is 6.54 Å². The van der Waals surface area contributed by atoms with E-state index in [1.165, 1.54) is 0 Å². The van der Waals surface area contributed by atoms with Crippen molar-refractivity contribution < 1.29 is 4.79 Å². The zero-order valence-corrected chi connectivity index (χ0v) is 16.4. The van der Waals surface area contributed by atoms with Gasteiger partial charge in [-0.05, 0) is 37.6 Å². The van der Waals surface area contributed by atoms with E-state index < -0.39 is 0 Å². The van der Waals surface area contributed by atoms with Crippen molar-refractivity contribution in [1.29, 1.82) is 5.26 Å². The third-order valence-corrected chi connectivity index (χ3v) is 4.94. The van der Waals surface area contributed by atoms with E-state index in [1.54, 1.807) is 12.1 Å². The number of nitriles is 1. The number of nitrogens with zero attached hydrogens (tertiary/aromatic N) is 4. The Balaban J connectivity index is 1.88. The zero-order valence-electron chi connectivity index (χ0n) is 16.4. The minimum absolute atomic E-state index is 0.258. The van der Waals surface area contributed by atoms with Crippen molar-refractivity contribution in [3.05, 3.63) is 65.2 Å². The maximum atomic E-state index is 12.9. The predicted octanol–water partition coefficient (Wildman–Crippen LogP) is 4.82. The van der Waals surface area contributed by atoms with Gasteiger partial charge in [0.25, 0.3) is 5.91 Å². The Hall–Kier alpha value is -3.72. The summed E-state index contributed by atoms with van der Waals surface area (Å²) in [7, 11) is 0. The maximum Gasteiger partial charge on any atom is 0.256 e. The summed E-state index contributed by atoms with van der Waals surface area (Å²) in [6.07, 6.45) is 1.88. The standard InChI is InChI=1S/C23H21N5O/c1-3-4-13-28-21(27-23(29)16-11-9-15(2)10-12-16)17(14-24)20-22(28)26-19-8-6-5-7-18(19)25-20/h5-12H,3-4,13H2,1-2H3,(H,27,29). The van der Waals surface area contributed by atoms with Crippen LogP contribution in [0, 0.1) is 18.3 Å². The maximum absolute atomic E-state index is 12.9. The van der Waals surface area contributed by atoms with Crippen molar-refractivity contribution in [3.63, 3.8) is 0 Å². The van der Waals surface area contributed by atoms with E-state index in [0.29, 0.717) is 34.7 Å². The summed E-state index contributed by atoms with van der Waals surface area (Å²) in [5, 5.41) is 12.8. The molecule has 0 radical (unpaired) electrons. The molecule has 1 amide bonds. The number of carbonyl (C=O) groups excluding carboxylic acids is 1. The van der Waals surface area contributed by atoms with Crippen LogP contribution in [0.25, 0.3) is 22.2 Å². The Labute approximate surface area is 168 Å². The van der Waals surface area contributed by atoms with Crippen LogP contribution in [0.1, 0.15) is 41.3 Å². The van der Waals surface area contributed by atoms with E-state index in [-0.39, 0.29) is 5.91 Å². The van der Waals surface area contributed by atoms with Crippen LogP contribution >= 0.6 is 0 Å². The molecule has 0 aliphatic rings. The molecule has 0 saturated heterocycles. The lowest BCUT2D eigenvalue weighted by Gasteiger charge is -2.11. The number of unbranched alkanes of at least 4 members (excludes halogenated alkanes) is 1. The average molecular weight is 383 g/mol. The first-order valence-corrected chi connectivity index (χ1v) is 9.69. The second-order valence-corrected chi connectivity index (χ2v) is 7.05. The SMILES string of the molecule is CCCCn1c(NC(=O)c2ccc(C)cc2)c(C#N)c2nc3ccccc3nc21. The number of aromatic nitrogens is 3. The molecular formula is C23H21N5O. The van der Waals surface area contributed by atoms with Gasteiger partial charge < -0.3 is 9.88 Å². The van der Waals surface area contributed by atoms with Crippen LogP contribution in [0.15, 0.2) is 48.5 Å². The molecule has 29 heavy (non-hydrogen) atoms. The monoisotopic (exact) mass is 383 g/mol. The Kier molecular flexibility index (Phi) is 4.96. The highest BCUT2D eigenvalue weighted by atomic mass is 16.1. The van der Waals surface area contributed by atoms with Gasteiger partial charge in [0.1, 0.15) is 23.0 Å². The lowest BCUT2D eigenvalue weighted by molar-refractivity contribution is 0.102. The van der Waals surface area contributed by atoms with Crippen molar-refractivity contribution in [3.8, 4) is 6.07 Å². The van der Waals surface area contributed by atoms with Crippen molar-refractivity contribution in [2.75, 3.05) is 5.32 Å². The van der Waals surface area contributed by atoms with Crippen LogP contribution in [0.2, 0.25) is 0 Å². The van der Waals surface area contributed by atoms with Gasteiger partial charge in [-0.15, -0.1) is 0 Å². The van der Waals surface area contributed by atoms with E-state index in [9.17, 15) is 10.1 Å². The number of nitrogens with one attached hydrogen (secondary N) is 1. The number of rotatable bonds is 5. The summed E-state index contributed by atoms with van der Waals surface area (Å²) in [5.74, 6) is 0.198. The molecule has 144 valence electrons. The Morgan fingerprint density at radius 3 is 2.45 bits per heavy atom. The topological polar surface area (TPSA) is 83.6 Å². The normalized spacial score (nSPS) is 10.9. The number of hydrogen-bond acceptors (Lipinski definition) is 4. The van der Waals surface area contributed by atoms with Gasteiger partial charge in [0, 0.05) is 12.1 Å². The van der Waals surface area contributed by atoms with Gasteiger partial charge in [-0.3, -0.25) is 4.79 Å². The van der Waals surface area contributed by atoms with Crippen LogP contribution in [0.4, 0.5) is 5.82 Å². The molecule has 0 aliphatic heterocycles. The minimum Gasteiger partial charge on any atom is -0.309 e. The molecule has 0 spiro atoms. The third kappa shape index (κ3) is 3.43. The summed E-state index contributed by atoms with van der Waals surface area (Å²) in [6, 6.07) is 17.1. The smallest absolute Gasteiger partial charge is 0.256 e. The number of hydrogen-bond donors (Lipinski definition) is 1. The highest BCUT2D eigenvalue weighted by molar-refractivity contribution is 6.06. The molecule has 2 aromatic carbocycles. The van der Waals surface area contributed by atoms with Gasteiger partial charge in [-0.25, -0.2) is 9.97 Å². The van der Waals surface area contributed by atoms with Gasteiger partial charge in [0.05, 0.1) is 11.0 Å². The van der Waals surface area contributed by atoms with Crippen molar-refractivity contribution in [2.24, 2.45) is 0 Å². The molecule has 0 atom stereocenters. The first-order chi connectivity index (χ1) is 14.1. The molecule has 1 N–H and O–H groups in total. The number of aryl methyl sites for hydroxylation is 2. The quantitative estimate of drug-likeness (QED) is 0.536. The van der Waals surface area contributed by atoms with Crippen LogP contribution in [-0.4, -0.2) is 20.4 Å². The fraction of sp³-hybridized carbons (Fsp3) is 0.217. The van der Waals surface area contributed by atoms with Gasteiger partial charge in [0.15, 0.2) is 5.65 Å². The largest absolute Gasteiger partial charge is 0.309 e. The lowest BCUT2D eigenvalue weighted by atomic mass is 10.1. The molecule has 2 aromatic heterocycles. The highest BCUT2D eigenvalue weighted by Crippen LogP contribution is 2.30. The second-order valence-electron chi connectivity index (χ2n) is 7.05. The average Bonchev–Trinajstić information content (AvgIpc) is 3.02. The summed E-state index contributed by atoms with van der Waals surface area (Å²) in [6.45, 7) is 4.72. The van der Waals surface area contributed by atoms with E-state index in [4.69, 9.17) is 4.98 Å². The zero-order chi connectivity index (χ0) is 20.4. The molecule has 6 heteroatoms. The van der Waals surface area contributed by atoms with Gasteiger partial charge in [0.2, 0.25) is 0 Å². The van der Waals surface area contributed by atoms with Crippen molar-refractivity contribution in [1.82, 2.24) is 14.5 Å². The Morgan fingerprint density at radius 1 is 1.10 bits per heavy atom.